The maximum Gasteiger partial charge on any atom is 0.269 e. The van der Waals surface area contributed by atoms with Gasteiger partial charge in [0, 0.05) is 18.0 Å². The van der Waals surface area contributed by atoms with Gasteiger partial charge in [0.15, 0.2) is 0 Å². The van der Waals surface area contributed by atoms with Crippen molar-refractivity contribution in [3.05, 3.63) is 70.3 Å². The number of alkyl halides is 1. The van der Waals surface area contributed by atoms with Crippen LogP contribution in [0.5, 0.6) is 0 Å². The summed E-state index contributed by atoms with van der Waals surface area (Å²) in [5.41, 5.74) is 5.73. The number of unbranched alkanes of at least 4 members (excludes halogenated alkanes) is 1. The molecule has 2 rings (SSSR count). The van der Waals surface area contributed by atoms with E-state index in [0.717, 1.165) is 30.5 Å². The normalized spacial score (nSPS) is 11.3. The number of halogens is 1. The van der Waals surface area contributed by atoms with Gasteiger partial charge in [-0.3, -0.25) is 15.5 Å². The second-order valence-electron chi connectivity index (χ2n) is 4.99. The molecule has 0 saturated heterocycles. The van der Waals surface area contributed by atoms with E-state index in [-0.39, 0.29) is 5.69 Å². The Balaban J connectivity index is 2.11. The van der Waals surface area contributed by atoms with Crippen molar-refractivity contribution in [3.63, 3.8) is 0 Å². The molecular formula is C17H18ClN3O2. The van der Waals surface area contributed by atoms with Gasteiger partial charge in [0.2, 0.25) is 0 Å². The lowest BCUT2D eigenvalue weighted by Gasteiger charge is -2.08. The molecule has 0 saturated carbocycles. The van der Waals surface area contributed by atoms with Gasteiger partial charge < -0.3 is 0 Å². The Morgan fingerprint density at radius 1 is 1.09 bits per heavy atom. The molecule has 2 aromatic carbocycles. The molecule has 0 radical (unpaired) electrons. The first-order valence-electron chi connectivity index (χ1n) is 7.39. The fraction of sp³-hybridized carbons (Fsp3) is 0.235. The summed E-state index contributed by atoms with van der Waals surface area (Å²) in [6.45, 7) is 0. The molecule has 0 spiro atoms. The van der Waals surface area contributed by atoms with Crippen LogP contribution >= 0.6 is 11.6 Å². The number of anilines is 1. The van der Waals surface area contributed by atoms with E-state index >= 15 is 0 Å². The quantitative estimate of drug-likeness (QED) is 0.248. The van der Waals surface area contributed by atoms with Crippen molar-refractivity contribution in [2.75, 3.05) is 11.3 Å². The largest absolute Gasteiger partial charge is 0.278 e. The molecule has 2 aromatic rings. The van der Waals surface area contributed by atoms with Crippen molar-refractivity contribution in [2.24, 2.45) is 5.10 Å². The average Bonchev–Trinajstić information content (AvgIpc) is 2.59. The smallest absolute Gasteiger partial charge is 0.269 e. The van der Waals surface area contributed by atoms with Crippen molar-refractivity contribution in [1.29, 1.82) is 0 Å². The molecule has 0 atom stereocenters. The summed E-state index contributed by atoms with van der Waals surface area (Å²) in [4.78, 5) is 10.2. The van der Waals surface area contributed by atoms with Gasteiger partial charge in [-0.1, -0.05) is 30.3 Å². The Bertz CT molecular complexity index is 657. The first-order valence-corrected chi connectivity index (χ1v) is 7.92. The minimum Gasteiger partial charge on any atom is -0.278 e. The molecule has 0 fully saturated rings. The molecule has 0 aromatic heterocycles. The zero-order chi connectivity index (χ0) is 16.5. The van der Waals surface area contributed by atoms with Crippen molar-refractivity contribution in [2.45, 2.75) is 19.3 Å². The summed E-state index contributed by atoms with van der Waals surface area (Å²) >= 11 is 5.73. The number of rotatable bonds is 8. The zero-order valence-corrected chi connectivity index (χ0v) is 13.4. The number of hydrogen-bond donors (Lipinski definition) is 1. The molecule has 0 amide bonds. The van der Waals surface area contributed by atoms with Crippen LogP contribution < -0.4 is 5.43 Å². The summed E-state index contributed by atoms with van der Waals surface area (Å²) < 4.78 is 0. The third kappa shape index (κ3) is 5.38. The van der Waals surface area contributed by atoms with E-state index in [9.17, 15) is 10.1 Å². The van der Waals surface area contributed by atoms with Crippen LogP contribution in [0.3, 0.4) is 0 Å². The lowest BCUT2D eigenvalue weighted by atomic mass is 10.1. The number of hydrazone groups is 1. The Morgan fingerprint density at radius 3 is 2.39 bits per heavy atom. The molecule has 0 aliphatic carbocycles. The maximum atomic E-state index is 10.7. The predicted molar refractivity (Wildman–Crippen MR) is 94.3 cm³/mol. The Hall–Kier alpha value is -2.40. The molecule has 6 heteroatoms. The van der Waals surface area contributed by atoms with Gasteiger partial charge >= 0.3 is 0 Å². The molecule has 0 aliphatic heterocycles. The van der Waals surface area contributed by atoms with E-state index in [1.54, 1.807) is 12.1 Å². The number of nitrogens with one attached hydrogen (secondary N) is 1. The summed E-state index contributed by atoms with van der Waals surface area (Å²) in [6, 6.07) is 16.1. The van der Waals surface area contributed by atoms with E-state index < -0.39 is 4.92 Å². The Kier molecular flexibility index (Phi) is 6.56. The Morgan fingerprint density at radius 2 is 1.78 bits per heavy atom. The first kappa shape index (κ1) is 17.0. The van der Waals surface area contributed by atoms with Crippen LogP contribution in [0, 0.1) is 10.1 Å². The monoisotopic (exact) mass is 331 g/mol. The summed E-state index contributed by atoms with van der Waals surface area (Å²) in [7, 11) is 0. The third-order valence-electron chi connectivity index (χ3n) is 3.30. The van der Waals surface area contributed by atoms with Gasteiger partial charge in [-0.2, -0.15) is 5.10 Å². The summed E-state index contributed by atoms with van der Waals surface area (Å²) in [6.07, 6.45) is 2.71. The SMILES string of the molecule is O=[N+]([O-])c1ccc(NN=C(CCCCCl)c2ccccc2)cc1. The predicted octanol–water partition coefficient (Wildman–Crippen LogP) is 4.82. The second kappa shape index (κ2) is 8.90. The Labute approximate surface area is 140 Å². The molecule has 0 bridgehead atoms. The number of benzene rings is 2. The second-order valence-corrected chi connectivity index (χ2v) is 5.36. The summed E-state index contributed by atoms with van der Waals surface area (Å²) in [5, 5.41) is 15.1. The van der Waals surface area contributed by atoms with E-state index in [2.05, 4.69) is 10.5 Å². The minimum absolute atomic E-state index is 0.0601. The van der Waals surface area contributed by atoms with Crippen LogP contribution in [0.15, 0.2) is 59.7 Å². The lowest BCUT2D eigenvalue weighted by molar-refractivity contribution is -0.384. The minimum atomic E-state index is -0.422. The number of nitro groups is 1. The fourth-order valence-corrected chi connectivity index (χ4v) is 2.26. The third-order valence-corrected chi connectivity index (χ3v) is 3.57. The first-order chi connectivity index (χ1) is 11.2. The van der Waals surface area contributed by atoms with Crippen molar-refractivity contribution < 1.29 is 4.92 Å². The van der Waals surface area contributed by atoms with E-state index in [0.29, 0.717) is 11.6 Å². The molecule has 120 valence electrons. The van der Waals surface area contributed by atoms with Gasteiger partial charge in [0.25, 0.3) is 5.69 Å². The fourth-order valence-electron chi connectivity index (χ4n) is 2.07. The van der Waals surface area contributed by atoms with E-state index in [4.69, 9.17) is 11.6 Å². The van der Waals surface area contributed by atoms with Crippen LogP contribution in [0.4, 0.5) is 11.4 Å². The molecule has 0 aliphatic rings. The average molecular weight is 332 g/mol. The number of hydrogen-bond acceptors (Lipinski definition) is 4. The van der Waals surface area contributed by atoms with Gasteiger partial charge in [-0.25, -0.2) is 0 Å². The molecular weight excluding hydrogens is 314 g/mol. The molecule has 5 nitrogen and oxygen atoms in total. The highest BCUT2D eigenvalue weighted by Gasteiger charge is 2.05. The topological polar surface area (TPSA) is 67.5 Å². The van der Waals surface area contributed by atoms with Crippen LogP contribution in [0.2, 0.25) is 0 Å². The van der Waals surface area contributed by atoms with Gasteiger partial charge in [-0.05, 0) is 37.0 Å². The van der Waals surface area contributed by atoms with Crippen LogP contribution in [-0.4, -0.2) is 16.5 Å². The molecule has 1 N–H and O–H groups in total. The molecule has 0 unspecified atom stereocenters. The summed E-state index contributed by atoms with van der Waals surface area (Å²) in [5.74, 6) is 0.637. The lowest BCUT2D eigenvalue weighted by Crippen LogP contribution is -2.05. The van der Waals surface area contributed by atoms with Crippen LogP contribution in [0.1, 0.15) is 24.8 Å². The van der Waals surface area contributed by atoms with Crippen molar-refractivity contribution >= 4 is 28.7 Å². The van der Waals surface area contributed by atoms with Crippen LogP contribution in [-0.2, 0) is 0 Å². The van der Waals surface area contributed by atoms with Crippen molar-refractivity contribution in [1.82, 2.24) is 0 Å². The number of nitro benzene ring substituents is 1. The van der Waals surface area contributed by atoms with E-state index in [1.807, 2.05) is 30.3 Å². The van der Waals surface area contributed by atoms with Crippen molar-refractivity contribution in [3.8, 4) is 0 Å². The van der Waals surface area contributed by atoms with Gasteiger partial charge in [-0.15, -0.1) is 11.6 Å². The number of nitrogens with zero attached hydrogens (tertiary/aromatic N) is 2. The molecule has 0 heterocycles. The van der Waals surface area contributed by atoms with Gasteiger partial charge in [0.05, 0.1) is 16.3 Å². The zero-order valence-electron chi connectivity index (χ0n) is 12.6. The highest BCUT2D eigenvalue weighted by atomic mass is 35.5. The van der Waals surface area contributed by atoms with Gasteiger partial charge in [0.1, 0.15) is 0 Å². The highest BCUT2D eigenvalue weighted by molar-refractivity contribution is 6.17. The van der Waals surface area contributed by atoms with E-state index in [1.165, 1.54) is 12.1 Å². The molecule has 23 heavy (non-hydrogen) atoms. The number of non-ortho nitro benzene ring substituents is 1. The maximum absolute atomic E-state index is 10.7. The highest BCUT2D eigenvalue weighted by Crippen LogP contribution is 2.16. The standard InChI is InChI=1S/C17H18ClN3O2/c18-13-5-4-8-17(14-6-2-1-3-7-14)20-19-15-9-11-16(12-10-15)21(22)23/h1-3,6-7,9-12,19H,4-5,8,13H2. The van der Waals surface area contributed by atoms with Crippen LogP contribution in [0.25, 0.3) is 0 Å².